The van der Waals surface area contributed by atoms with Crippen LogP contribution in [0.2, 0.25) is 0 Å². The lowest BCUT2D eigenvalue weighted by Crippen LogP contribution is -2.28. The molecule has 2 unspecified atom stereocenters. The van der Waals surface area contributed by atoms with Crippen LogP contribution in [-0.2, 0) is 4.74 Å². The normalized spacial score (nSPS) is 31.2. The Bertz CT molecular complexity index is 289. The van der Waals surface area contributed by atoms with E-state index in [0.29, 0.717) is 5.92 Å². The molecular formula is C12H16O. The topological polar surface area (TPSA) is 9.23 Å². The maximum absolute atomic E-state index is 5.60. The van der Waals surface area contributed by atoms with E-state index in [4.69, 9.17) is 4.74 Å². The molecule has 2 atom stereocenters. The van der Waals surface area contributed by atoms with E-state index in [0.717, 1.165) is 0 Å². The molecule has 0 spiro atoms. The molecule has 0 aromatic rings. The van der Waals surface area contributed by atoms with Crippen LogP contribution in [0.1, 0.15) is 20.8 Å². The quantitative estimate of drug-likeness (QED) is 0.551. The summed E-state index contributed by atoms with van der Waals surface area (Å²) in [5, 5.41) is 0. The van der Waals surface area contributed by atoms with Crippen LogP contribution in [0, 0.1) is 11.3 Å². The molecule has 2 rings (SSSR count). The molecule has 0 amide bonds. The summed E-state index contributed by atoms with van der Waals surface area (Å²) in [5.74, 6) is 0.458. The van der Waals surface area contributed by atoms with Crippen LogP contribution in [0.3, 0.4) is 0 Å². The van der Waals surface area contributed by atoms with Crippen molar-refractivity contribution in [1.82, 2.24) is 0 Å². The molecule has 1 heterocycles. The van der Waals surface area contributed by atoms with E-state index in [-0.39, 0.29) is 11.5 Å². The third kappa shape index (κ3) is 1.43. The van der Waals surface area contributed by atoms with Crippen LogP contribution in [-0.4, -0.2) is 6.10 Å². The fraction of sp³-hybridized carbons (Fsp3) is 0.500. The van der Waals surface area contributed by atoms with Crippen molar-refractivity contribution in [3.63, 3.8) is 0 Å². The van der Waals surface area contributed by atoms with Crippen molar-refractivity contribution in [1.29, 1.82) is 0 Å². The molecule has 1 aliphatic carbocycles. The van der Waals surface area contributed by atoms with Gasteiger partial charge in [-0.05, 0) is 17.1 Å². The molecule has 0 saturated carbocycles. The minimum Gasteiger partial charge on any atom is -0.493 e. The summed E-state index contributed by atoms with van der Waals surface area (Å²) >= 11 is 0. The Kier molecular flexibility index (Phi) is 1.83. The summed E-state index contributed by atoms with van der Waals surface area (Å²) < 4.78 is 5.60. The summed E-state index contributed by atoms with van der Waals surface area (Å²) in [5.41, 5.74) is 1.60. The summed E-state index contributed by atoms with van der Waals surface area (Å²) in [6.07, 6.45) is 10.7. The van der Waals surface area contributed by atoms with Gasteiger partial charge in [-0.25, -0.2) is 0 Å². The molecule has 0 saturated heterocycles. The molecule has 0 fully saturated rings. The minimum absolute atomic E-state index is 0.208. The molecule has 0 aromatic heterocycles. The van der Waals surface area contributed by atoms with Gasteiger partial charge in [0.2, 0.25) is 0 Å². The fourth-order valence-electron chi connectivity index (χ4n) is 1.92. The molecule has 0 N–H and O–H groups in total. The Morgan fingerprint density at radius 3 is 2.69 bits per heavy atom. The van der Waals surface area contributed by atoms with E-state index in [1.165, 1.54) is 5.57 Å². The first-order valence-electron chi connectivity index (χ1n) is 4.80. The van der Waals surface area contributed by atoms with Crippen molar-refractivity contribution < 1.29 is 4.74 Å². The second kappa shape index (κ2) is 2.76. The number of rotatable bonds is 0. The molecule has 70 valence electrons. The number of allylic oxidation sites excluding steroid dienone is 2. The highest BCUT2D eigenvalue weighted by atomic mass is 16.5. The van der Waals surface area contributed by atoms with Crippen LogP contribution in [0.4, 0.5) is 0 Å². The van der Waals surface area contributed by atoms with Crippen LogP contribution in [0.15, 0.2) is 36.1 Å². The Morgan fingerprint density at radius 1 is 1.23 bits per heavy atom. The van der Waals surface area contributed by atoms with Crippen LogP contribution in [0.25, 0.3) is 0 Å². The number of hydrogen-bond donors (Lipinski definition) is 0. The van der Waals surface area contributed by atoms with E-state index in [1.54, 1.807) is 0 Å². The summed E-state index contributed by atoms with van der Waals surface area (Å²) in [6.45, 7) is 6.70. The predicted octanol–water partition coefficient (Wildman–Crippen LogP) is 3.06. The Labute approximate surface area is 79.8 Å². The highest BCUT2D eigenvalue weighted by molar-refractivity contribution is 5.32. The zero-order valence-corrected chi connectivity index (χ0v) is 8.45. The van der Waals surface area contributed by atoms with E-state index in [9.17, 15) is 0 Å². The second-order valence-electron chi connectivity index (χ2n) is 4.72. The van der Waals surface area contributed by atoms with Crippen molar-refractivity contribution in [2.24, 2.45) is 11.3 Å². The second-order valence-corrected chi connectivity index (χ2v) is 4.72. The zero-order valence-electron chi connectivity index (χ0n) is 8.45. The smallest absolute Gasteiger partial charge is 0.129 e. The molecular weight excluding hydrogens is 160 g/mol. The average molecular weight is 176 g/mol. The van der Waals surface area contributed by atoms with Gasteiger partial charge in [0.1, 0.15) is 6.10 Å². The molecule has 13 heavy (non-hydrogen) atoms. The molecule has 2 aliphatic rings. The first-order chi connectivity index (χ1) is 6.09. The van der Waals surface area contributed by atoms with Crippen molar-refractivity contribution in [2.75, 3.05) is 0 Å². The molecule has 1 nitrogen and oxygen atoms in total. The van der Waals surface area contributed by atoms with Crippen LogP contribution in [0.5, 0.6) is 0 Å². The molecule has 0 bridgehead atoms. The van der Waals surface area contributed by atoms with Gasteiger partial charge in [-0.3, -0.25) is 0 Å². The molecule has 0 radical (unpaired) electrons. The van der Waals surface area contributed by atoms with Crippen molar-refractivity contribution in [3.8, 4) is 0 Å². The molecule has 1 heteroatoms. The van der Waals surface area contributed by atoms with Gasteiger partial charge in [0.05, 0.1) is 6.26 Å². The largest absolute Gasteiger partial charge is 0.493 e. The SMILES string of the molecule is CC(C)(C)C1=CC=CC2C=COC12. The van der Waals surface area contributed by atoms with Crippen LogP contribution >= 0.6 is 0 Å². The molecule has 0 aromatic carbocycles. The Balaban J connectivity index is 2.30. The van der Waals surface area contributed by atoms with Gasteiger partial charge in [-0.1, -0.05) is 39.0 Å². The van der Waals surface area contributed by atoms with Crippen molar-refractivity contribution in [2.45, 2.75) is 26.9 Å². The third-order valence-corrected chi connectivity index (χ3v) is 2.66. The Hall–Kier alpha value is -0.980. The maximum Gasteiger partial charge on any atom is 0.129 e. The van der Waals surface area contributed by atoms with Crippen molar-refractivity contribution in [3.05, 3.63) is 36.1 Å². The van der Waals surface area contributed by atoms with Crippen molar-refractivity contribution >= 4 is 0 Å². The van der Waals surface area contributed by atoms with Gasteiger partial charge < -0.3 is 4.74 Å². The lowest BCUT2D eigenvalue weighted by molar-refractivity contribution is 0.158. The van der Waals surface area contributed by atoms with Gasteiger partial charge in [-0.2, -0.15) is 0 Å². The summed E-state index contributed by atoms with van der Waals surface area (Å²) in [7, 11) is 0. The first kappa shape index (κ1) is 8.61. The lowest BCUT2D eigenvalue weighted by Gasteiger charge is -2.31. The number of hydrogen-bond acceptors (Lipinski definition) is 1. The average Bonchev–Trinajstić information content (AvgIpc) is 2.48. The van der Waals surface area contributed by atoms with Gasteiger partial charge in [0, 0.05) is 5.92 Å². The summed E-state index contributed by atoms with van der Waals surface area (Å²) in [6, 6.07) is 0. The Morgan fingerprint density at radius 2 is 2.00 bits per heavy atom. The molecule has 1 aliphatic heterocycles. The lowest BCUT2D eigenvalue weighted by atomic mass is 9.77. The van der Waals surface area contributed by atoms with E-state index < -0.39 is 0 Å². The number of ether oxygens (including phenoxy) is 1. The first-order valence-corrected chi connectivity index (χ1v) is 4.80. The standard InChI is InChI=1S/C12H16O/c1-12(2,3)10-6-4-5-9-7-8-13-11(9)10/h4-9,11H,1-3H3. The summed E-state index contributed by atoms with van der Waals surface area (Å²) in [4.78, 5) is 0. The third-order valence-electron chi connectivity index (χ3n) is 2.66. The fourth-order valence-corrected chi connectivity index (χ4v) is 1.92. The maximum atomic E-state index is 5.60. The monoisotopic (exact) mass is 176 g/mol. The van der Waals surface area contributed by atoms with Gasteiger partial charge >= 0.3 is 0 Å². The van der Waals surface area contributed by atoms with E-state index >= 15 is 0 Å². The van der Waals surface area contributed by atoms with Crippen LogP contribution < -0.4 is 0 Å². The van der Waals surface area contributed by atoms with Gasteiger partial charge in [0.15, 0.2) is 0 Å². The predicted molar refractivity (Wildman–Crippen MR) is 54.2 cm³/mol. The zero-order chi connectivity index (χ0) is 9.47. The highest BCUT2D eigenvalue weighted by Crippen LogP contribution is 2.38. The van der Waals surface area contributed by atoms with E-state index in [1.807, 2.05) is 6.26 Å². The number of fused-ring (bicyclic) bond motifs is 1. The minimum atomic E-state index is 0.208. The van der Waals surface area contributed by atoms with Gasteiger partial charge in [0.25, 0.3) is 0 Å². The van der Waals surface area contributed by atoms with Gasteiger partial charge in [-0.15, -0.1) is 0 Å². The highest BCUT2D eigenvalue weighted by Gasteiger charge is 2.33. The van der Waals surface area contributed by atoms with E-state index in [2.05, 4.69) is 45.1 Å².